The van der Waals surface area contributed by atoms with Crippen LogP contribution in [0.4, 0.5) is 5.69 Å². The van der Waals surface area contributed by atoms with E-state index in [9.17, 15) is 14.4 Å². The second-order valence-electron chi connectivity index (χ2n) is 9.16. The molecule has 1 aromatic heterocycles. The average molecular weight is 499 g/mol. The largest absolute Gasteiger partial charge is 0.343 e. The maximum atomic E-state index is 13.3. The number of fused-ring (bicyclic) bond motifs is 1. The number of nitrogens with one attached hydrogen (secondary N) is 3. The van der Waals surface area contributed by atoms with Gasteiger partial charge in [-0.15, -0.1) is 0 Å². The summed E-state index contributed by atoms with van der Waals surface area (Å²) in [6, 6.07) is 7.57. The van der Waals surface area contributed by atoms with Crippen molar-refractivity contribution in [3.63, 3.8) is 0 Å². The van der Waals surface area contributed by atoms with E-state index >= 15 is 0 Å². The van der Waals surface area contributed by atoms with Crippen LogP contribution in [0.15, 0.2) is 36.5 Å². The van der Waals surface area contributed by atoms with Gasteiger partial charge in [-0.2, -0.15) is 0 Å². The van der Waals surface area contributed by atoms with Gasteiger partial charge in [0, 0.05) is 31.6 Å². The molecular formula is C25H38N8O3. The van der Waals surface area contributed by atoms with Crippen molar-refractivity contribution in [1.82, 2.24) is 20.5 Å². The van der Waals surface area contributed by atoms with E-state index in [-0.39, 0.29) is 37.2 Å². The minimum atomic E-state index is -1.10. The highest BCUT2D eigenvalue weighted by atomic mass is 16.2. The van der Waals surface area contributed by atoms with Crippen molar-refractivity contribution in [2.45, 2.75) is 37.8 Å². The minimum absolute atomic E-state index is 0.192. The normalized spacial score (nSPS) is 15.8. The highest BCUT2D eigenvalue weighted by Gasteiger charge is 2.29. The highest BCUT2D eigenvalue weighted by Crippen LogP contribution is 2.20. The Morgan fingerprint density at radius 1 is 1.08 bits per heavy atom. The molecule has 0 bridgehead atoms. The number of aromatic nitrogens is 1. The Balaban J connectivity index is 1.67. The van der Waals surface area contributed by atoms with Gasteiger partial charge in [0.1, 0.15) is 6.04 Å². The van der Waals surface area contributed by atoms with Crippen molar-refractivity contribution < 1.29 is 14.4 Å². The fraction of sp³-hybridized carbons (Fsp3) is 0.520. The van der Waals surface area contributed by atoms with Crippen LogP contribution in [0.3, 0.4) is 0 Å². The number of carbonyl (C=O) groups is 3. The number of carbonyl (C=O) groups excluding carboxylic acids is 3. The summed E-state index contributed by atoms with van der Waals surface area (Å²) in [5, 5.41) is 9.88. The molecule has 1 aliphatic rings. The molecule has 0 saturated carbocycles. The fourth-order valence-electron chi connectivity index (χ4n) is 4.41. The molecule has 2 unspecified atom stereocenters. The number of nitrogens with zero attached hydrogens (tertiary/aromatic N) is 2. The summed E-state index contributed by atoms with van der Waals surface area (Å²) >= 11 is 0. The summed E-state index contributed by atoms with van der Waals surface area (Å²) in [5.41, 5.74) is 18.6. The van der Waals surface area contributed by atoms with E-state index in [0.717, 1.165) is 36.8 Å². The predicted octanol–water partition coefficient (Wildman–Crippen LogP) is -0.489. The number of piperidine rings is 1. The van der Waals surface area contributed by atoms with E-state index in [1.807, 2.05) is 30.3 Å². The smallest absolute Gasteiger partial charge is 0.247 e. The molecule has 0 aliphatic carbocycles. The Hall–Kier alpha value is -3.12. The van der Waals surface area contributed by atoms with Crippen LogP contribution >= 0.6 is 0 Å². The van der Waals surface area contributed by atoms with Gasteiger partial charge in [-0.3, -0.25) is 19.4 Å². The summed E-state index contributed by atoms with van der Waals surface area (Å²) in [6.45, 7) is 2.99. The first-order chi connectivity index (χ1) is 17.4. The van der Waals surface area contributed by atoms with E-state index in [1.165, 1.54) is 4.90 Å². The molecule has 9 N–H and O–H groups in total. The molecule has 1 saturated heterocycles. The predicted molar refractivity (Wildman–Crippen MR) is 140 cm³/mol. The van der Waals surface area contributed by atoms with Gasteiger partial charge in [0.25, 0.3) is 0 Å². The molecular weight excluding hydrogens is 460 g/mol. The van der Waals surface area contributed by atoms with E-state index in [4.69, 9.17) is 17.2 Å². The number of amides is 3. The number of hydrogen-bond acceptors (Lipinski definition) is 8. The Labute approximate surface area is 211 Å². The Kier molecular flexibility index (Phi) is 10.6. The molecule has 36 heavy (non-hydrogen) atoms. The molecule has 2 heterocycles. The minimum Gasteiger partial charge on any atom is -0.343 e. The van der Waals surface area contributed by atoms with Crippen molar-refractivity contribution in [2.24, 2.45) is 23.1 Å². The lowest BCUT2D eigenvalue weighted by atomic mass is 9.90. The number of rotatable bonds is 12. The van der Waals surface area contributed by atoms with Crippen LogP contribution in [-0.2, 0) is 14.4 Å². The zero-order chi connectivity index (χ0) is 25.9. The summed E-state index contributed by atoms with van der Waals surface area (Å²) < 4.78 is 0. The third-order valence-electron chi connectivity index (χ3n) is 6.40. The van der Waals surface area contributed by atoms with Gasteiger partial charge in [-0.05, 0) is 50.4 Å². The van der Waals surface area contributed by atoms with Gasteiger partial charge in [0.05, 0.1) is 29.9 Å². The molecule has 3 rings (SSSR count). The zero-order valence-corrected chi connectivity index (χ0v) is 20.6. The van der Waals surface area contributed by atoms with Gasteiger partial charge in [-0.1, -0.05) is 18.2 Å². The molecule has 11 nitrogen and oxygen atoms in total. The van der Waals surface area contributed by atoms with Gasteiger partial charge in [0.2, 0.25) is 17.7 Å². The van der Waals surface area contributed by atoms with Crippen molar-refractivity contribution >= 4 is 34.3 Å². The van der Waals surface area contributed by atoms with Gasteiger partial charge < -0.3 is 38.1 Å². The lowest BCUT2D eigenvalue weighted by Crippen LogP contribution is -2.52. The quantitative estimate of drug-likeness (QED) is 0.227. The monoisotopic (exact) mass is 498 g/mol. The van der Waals surface area contributed by atoms with E-state index in [1.54, 1.807) is 6.20 Å². The third kappa shape index (κ3) is 7.95. The van der Waals surface area contributed by atoms with E-state index < -0.39 is 18.0 Å². The molecule has 1 fully saturated rings. The fourth-order valence-corrected chi connectivity index (χ4v) is 4.41. The molecule has 2 aromatic rings. The maximum absolute atomic E-state index is 13.3. The zero-order valence-electron chi connectivity index (χ0n) is 20.6. The molecule has 3 amide bonds. The topological polar surface area (TPSA) is 181 Å². The molecule has 11 heteroatoms. The summed E-state index contributed by atoms with van der Waals surface area (Å²) in [5.74, 6) is -0.908. The number of nitrogens with two attached hydrogens (primary N) is 3. The van der Waals surface area contributed by atoms with Crippen LogP contribution in [0.5, 0.6) is 0 Å². The standard InChI is InChI=1S/C25H38N8O3/c26-7-11-33(12-8-27)23(34)15-20(28)24(35)32-22(13-17-5-9-29-10-6-17)25(36)31-19-14-18-3-1-2-4-21(18)30-16-19/h1-4,14,16-17,20,22,29H,5-13,15,26-28H2,(H,31,36)(H,32,35). The number of anilines is 1. The summed E-state index contributed by atoms with van der Waals surface area (Å²) in [4.78, 5) is 44.7. The number of hydrogen-bond donors (Lipinski definition) is 6. The number of benzene rings is 1. The van der Waals surface area contributed by atoms with Crippen molar-refractivity contribution in [2.75, 3.05) is 44.6 Å². The van der Waals surface area contributed by atoms with Crippen molar-refractivity contribution in [3.8, 4) is 0 Å². The molecule has 0 radical (unpaired) electrons. The first-order valence-corrected chi connectivity index (χ1v) is 12.5. The highest BCUT2D eigenvalue weighted by molar-refractivity contribution is 5.99. The number of pyridine rings is 1. The summed E-state index contributed by atoms with van der Waals surface area (Å²) in [7, 11) is 0. The lowest BCUT2D eigenvalue weighted by molar-refractivity contribution is -0.134. The first kappa shape index (κ1) is 27.5. The Bertz CT molecular complexity index is 1020. The second kappa shape index (κ2) is 13.8. The first-order valence-electron chi connectivity index (χ1n) is 12.5. The van der Waals surface area contributed by atoms with Crippen LogP contribution in [0.25, 0.3) is 10.9 Å². The van der Waals surface area contributed by atoms with Crippen LogP contribution in [0.1, 0.15) is 25.7 Å². The van der Waals surface area contributed by atoms with E-state index in [0.29, 0.717) is 25.2 Å². The molecule has 2 atom stereocenters. The Morgan fingerprint density at radius 2 is 1.78 bits per heavy atom. The second-order valence-corrected chi connectivity index (χ2v) is 9.16. The molecule has 1 aromatic carbocycles. The molecule has 196 valence electrons. The maximum Gasteiger partial charge on any atom is 0.247 e. The SMILES string of the molecule is NCCN(CCN)C(=O)CC(N)C(=O)NC(CC1CCNCC1)C(=O)Nc1cnc2ccccc2c1. The van der Waals surface area contributed by atoms with Crippen LogP contribution < -0.4 is 33.2 Å². The van der Waals surface area contributed by atoms with Crippen molar-refractivity contribution in [3.05, 3.63) is 36.5 Å². The third-order valence-corrected chi connectivity index (χ3v) is 6.40. The summed E-state index contributed by atoms with van der Waals surface area (Å²) in [6.07, 6.45) is 3.71. The number of para-hydroxylation sites is 1. The molecule has 0 spiro atoms. The van der Waals surface area contributed by atoms with Crippen LogP contribution in [0, 0.1) is 5.92 Å². The van der Waals surface area contributed by atoms with Gasteiger partial charge >= 0.3 is 0 Å². The Morgan fingerprint density at radius 3 is 2.47 bits per heavy atom. The average Bonchev–Trinajstić information content (AvgIpc) is 2.88. The van der Waals surface area contributed by atoms with Gasteiger partial charge in [0.15, 0.2) is 0 Å². The lowest BCUT2D eigenvalue weighted by Gasteiger charge is -2.28. The van der Waals surface area contributed by atoms with Gasteiger partial charge in [-0.25, -0.2) is 0 Å². The van der Waals surface area contributed by atoms with Crippen LogP contribution in [0.2, 0.25) is 0 Å². The van der Waals surface area contributed by atoms with Crippen LogP contribution in [-0.4, -0.2) is 79.0 Å². The van der Waals surface area contributed by atoms with E-state index in [2.05, 4.69) is 20.9 Å². The molecule has 1 aliphatic heterocycles. The van der Waals surface area contributed by atoms with Crippen molar-refractivity contribution in [1.29, 1.82) is 0 Å².